The highest BCUT2D eigenvalue weighted by atomic mass is 19.4. The molecule has 2 aliphatic carbocycles. The third kappa shape index (κ3) is 1.42. The molecular weight excluding hydrogens is 235 g/mol. The van der Waals surface area contributed by atoms with Gasteiger partial charge in [-0.3, -0.25) is 14.5 Å². The van der Waals surface area contributed by atoms with Gasteiger partial charge in [-0.2, -0.15) is 13.2 Å². The Morgan fingerprint density at radius 1 is 1.12 bits per heavy atom. The van der Waals surface area contributed by atoms with Crippen molar-refractivity contribution in [2.75, 3.05) is 6.54 Å². The summed E-state index contributed by atoms with van der Waals surface area (Å²) in [6.07, 6.45) is -0.0781. The maximum atomic E-state index is 12.3. The Morgan fingerprint density at radius 2 is 1.59 bits per heavy atom. The summed E-state index contributed by atoms with van der Waals surface area (Å²) < 4.78 is 36.8. The van der Waals surface area contributed by atoms with Crippen LogP contribution in [0.4, 0.5) is 13.2 Å². The summed E-state index contributed by atoms with van der Waals surface area (Å²) in [5, 5.41) is 0. The first kappa shape index (κ1) is 10.8. The minimum absolute atomic E-state index is 0.0420. The monoisotopic (exact) mass is 245 g/mol. The molecule has 4 atom stereocenters. The first-order valence-electron chi connectivity index (χ1n) is 5.49. The van der Waals surface area contributed by atoms with Gasteiger partial charge in [0, 0.05) is 0 Å². The molecule has 92 valence electrons. The minimum atomic E-state index is -4.52. The predicted molar refractivity (Wildman–Crippen MR) is 50.5 cm³/mol. The molecule has 1 aliphatic heterocycles. The molecule has 0 radical (unpaired) electrons. The van der Waals surface area contributed by atoms with Gasteiger partial charge in [-0.15, -0.1) is 0 Å². The quantitative estimate of drug-likeness (QED) is 0.516. The van der Waals surface area contributed by atoms with Gasteiger partial charge < -0.3 is 0 Å². The number of rotatable bonds is 1. The number of allylic oxidation sites excluding steroid dienone is 2. The second-order valence-electron chi connectivity index (χ2n) is 4.88. The minimum Gasteiger partial charge on any atom is -0.274 e. The molecular formula is C11H10F3NO2. The number of halogens is 3. The Bertz CT molecular complexity index is 399. The van der Waals surface area contributed by atoms with Gasteiger partial charge in [-0.25, -0.2) is 0 Å². The molecule has 0 aromatic rings. The lowest BCUT2D eigenvalue weighted by Crippen LogP contribution is -2.40. The summed E-state index contributed by atoms with van der Waals surface area (Å²) in [4.78, 5) is 24.1. The molecule has 0 spiro atoms. The normalized spacial score (nSPS) is 39.4. The SMILES string of the molecule is O=C1[C@@H]2[C@@H](C(=O)N1CC(F)(F)F)[C@H]1C=C[C@H]2C1. The van der Waals surface area contributed by atoms with Crippen LogP contribution in [-0.4, -0.2) is 29.4 Å². The molecule has 17 heavy (non-hydrogen) atoms. The highest BCUT2D eigenvalue weighted by molar-refractivity contribution is 6.06. The number of alkyl halides is 3. The van der Waals surface area contributed by atoms with Crippen molar-refractivity contribution in [2.24, 2.45) is 23.7 Å². The average molecular weight is 245 g/mol. The largest absolute Gasteiger partial charge is 0.406 e. The van der Waals surface area contributed by atoms with Crippen molar-refractivity contribution >= 4 is 11.8 Å². The molecule has 1 saturated heterocycles. The van der Waals surface area contributed by atoms with Crippen LogP contribution in [0, 0.1) is 23.7 Å². The van der Waals surface area contributed by atoms with Crippen molar-refractivity contribution in [1.82, 2.24) is 4.90 Å². The fourth-order valence-electron chi connectivity index (χ4n) is 3.30. The van der Waals surface area contributed by atoms with Crippen molar-refractivity contribution in [3.8, 4) is 0 Å². The van der Waals surface area contributed by atoms with E-state index in [1.807, 2.05) is 12.2 Å². The van der Waals surface area contributed by atoms with Gasteiger partial charge in [0.05, 0.1) is 11.8 Å². The first-order valence-corrected chi connectivity index (χ1v) is 5.49. The average Bonchev–Trinajstić information content (AvgIpc) is 2.86. The van der Waals surface area contributed by atoms with E-state index in [0.717, 1.165) is 6.42 Å². The number of carbonyl (C=O) groups excluding carboxylic acids is 2. The summed E-state index contributed by atoms with van der Waals surface area (Å²) in [5.41, 5.74) is 0. The van der Waals surface area contributed by atoms with E-state index in [0.29, 0.717) is 4.90 Å². The molecule has 2 bridgehead atoms. The van der Waals surface area contributed by atoms with E-state index in [4.69, 9.17) is 0 Å². The van der Waals surface area contributed by atoms with E-state index in [-0.39, 0.29) is 11.8 Å². The third-order valence-corrected chi connectivity index (χ3v) is 3.90. The molecule has 1 heterocycles. The van der Waals surface area contributed by atoms with Crippen molar-refractivity contribution < 1.29 is 22.8 Å². The molecule has 3 aliphatic rings. The molecule has 3 rings (SSSR count). The van der Waals surface area contributed by atoms with Crippen LogP contribution in [0.25, 0.3) is 0 Å². The Kier molecular flexibility index (Phi) is 1.98. The van der Waals surface area contributed by atoms with E-state index >= 15 is 0 Å². The van der Waals surface area contributed by atoms with Gasteiger partial charge >= 0.3 is 6.18 Å². The number of fused-ring (bicyclic) bond motifs is 5. The van der Waals surface area contributed by atoms with Crippen LogP contribution in [0.2, 0.25) is 0 Å². The molecule has 0 N–H and O–H groups in total. The smallest absolute Gasteiger partial charge is 0.274 e. The molecule has 3 nitrogen and oxygen atoms in total. The maximum absolute atomic E-state index is 12.3. The zero-order chi connectivity index (χ0) is 12.4. The van der Waals surface area contributed by atoms with Gasteiger partial charge in [0.1, 0.15) is 6.54 Å². The van der Waals surface area contributed by atoms with E-state index in [2.05, 4.69) is 0 Å². The van der Waals surface area contributed by atoms with Crippen LogP contribution in [-0.2, 0) is 9.59 Å². The molecule has 0 aromatic carbocycles. The number of imide groups is 1. The van der Waals surface area contributed by atoms with Crippen LogP contribution >= 0.6 is 0 Å². The maximum Gasteiger partial charge on any atom is 0.406 e. The molecule has 0 unspecified atom stereocenters. The van der Waals surface area contributed by atoms with Gasteiger partial charge in [-0.05, 0) is 18.3 Å². The van der Waals surface area contributed by atoms with Gasteiger partial charge in [0.15, 0.2) is 0 Å². The van der Waals surface area contributed by atoms with Crippen molar-refractivity contribution in [3.63, 3.8) is 0 Å². The number of hydrogen-bond donors (Lipinski definition) is 0. The summed E-state index contributed by atoms with van der Waals surface area (Å²) in [7, 11) is 0. The number of hydrogen-bond acceptors (Lipinski definition) is 2. The second kappa shape index (κ2) is 3.11. The number of likely N-dealkylation sites (tertiary alicyclic amines) is 1. The lowest BCUT2D eigenvalue weighted by atomic mass is 9.85. The number of amides is 2. The highest BCUT2D eigenvalue weighted by Crippen LogP contribution is 2.52. The van der Waals surface area contributed by atoms with Crippen molar-refractivity contribution in [1.29, 1.82) is 0 Å². The zero-order valence-electron chi connectivity index (χ0n) is 8.78. The Hall–Kier alpha value is -1.33. The molecule has 2 fully saturated rings. The number of carbonyl (C=O) groups is 2. The van der Waals surface area contributed by atoms with E-state index in [9.17, 15) is 22.8 Å². The number of nitrogens with zero attached hydrogens (tertiary/aromatic N) is 1. The Balaban J connectivity index is 1.88. The van der Waals surface area contributed by atoms with Crippen LogP contribution in [0.3, 0.4) is 0 Å². The standard InChI is InChI=1S/C11H10F3NO2/c12-11(13,14)4-15-9(16)7-5-1-2-6(3-5)8(7)10(15)17/h1-2,5-8H,3-4H2/t5-,6-,7-,8-/m0/s1. The van der Waals surface area contributed by atoms with Crippen LogP contribution in [0.15, 0.2) is 12.2 Å². The first-order chi connectivity index (χ1) is 7.88. The van der Waals surface area contributed by atoms with Crippen molar-refractivity contribution in [2.45, 2.75) is 12.6 Å². The predicted octanol–water partition coefficient (Wildman–Crippen LogP) is 1.36. The van der Waals surface area contributed by atoms with E-state index in [1.54, 1.807) is 0 Å². The molecule has 1 saturated carbocycles. The Labute approximate surface area is 95.3 Å². The topological polar surface area (TPSA) is 37.4 Å². The summed E-state index contributed by atoms with van der Waals surface area (Å²) >= 11 is 0. The van der Waals surface area contributed by atoms with Crippen LogP contribution in [0.5, 0.6) is 0 Å². The van der Waals surface area contributed by atoms with Crippen LogP contribution in [0.1, 0.15) is 6.42 Å². The summed E-state index contributed by atoms with van der Waals surface area (Å²) in [6, 6.07) is 0. The fourth-order valence-corrected chi connectivity index (χ4v) is 3.30. The lowest BCUT2D eigenvalue weighted by molar-refractivity contribution is -0.167. The zero-order valence-corrected chi connectivity index (χ0v) is 8.78. The second-order valence-corrected chi connectivity index (χ2v) is 4.88. The fraction of sp³-hybridized carbons (Fsp3) is 0.636. The van der Waals surface area contributed by atoms with Gasteiger partial charge in [-0.1, -0.05) is 12.2 Å². The molecule has 0 aromatic heterocycles. The highest BCUT2D eigenvalue weighted by Gasteiger charge is 2.60. The van der Waals surface area contributed by atoms with E-state index in [1.165, 1.54) is 0 Å². The molecule has 6 heteroatoms. The van der Waals surface area contributed by atoms with Crippen LogP contribution < -0.4 is 0 Å². The molecule has 2 amide bonds. The van der Waals surface area contributed by atoms with Gasteiger partial charge in [0.25, 0.3) is 0 Å². The van der Waals surface area contributed by atoms with E-state index < -0.39 is 36.4 Å². The van der Waals surface area contributed by atoms with Crippen molar-refractivity contribution in [3.05, 3.63) is 12.2 Å². The summed E-state index contributed by atoms with van der Waals surface area (Å²) in [5.74, 6) is -2.46. The van der Waals surface area contributed by atoms with Gasteiger partial charge in [0.2, 0.25) is 11.8 Å². The summed E-state index contributed by atoms with van der Waals surface area (Å²) in [6.45, 7) is -1.45. The Morgan fingerprint density at radius 3 is 2.00 bits per heavy atom. The third-order valence-electron chi connectivity index (χ3n) is 3.90. The lowest BCUT2D eigenvalue weighted by Gasteiger charge is -2.18.